The van der Waals surface area contributed by atoms with Gasteiger partial charge in [0.05, 0.1) is 12.3 Å². The fourth-order valence-electron chi connectivity index (χ4n) is 1.79. The molecule has 20 heavy (non-hydrogen) atoms. The molecule has 7 nitrogen and oxygen atoms in total. The van der Waals surface area contributed by atoms with Crippen molar-refractivity contribution in [2.75, 3.05) is 18.5 Å². The van der Waals surface area contributed by atoms with Gasteiger partial charge in [0.2, 0.25) is 5.82 Å². The first-order valence-corrected chi connectivity index (χ1v) is 6.72. The quantitative estimate of drug-likeness (QED) is 0.640. The Hall–Kier alpha value is -2.18. The molecule has 0 amide bonds. The number of unbranched alkanes of at least 4 members (excludes halogenated alkanes) is 1. The van der Waals surface area contributed by atoms with Crippen LogP contribution in [0, 0.1) is 6.92 Å². The largest absolute Gasteiger partial charge is 0.460 e. The van der Waals surface area contributed by atoms with Crippen molar-refractivity contribution in [1.29, 1.82) is 0 Å². The van der Waals surface area contributed by atoms with E-state index in [-0.39, 0.29) is 12.4 Å². The normalized spacial score (nSPS) is 10.8. The minimum Gasteiger partial charge on any atom is -0.460 e. The SMILES string of the molecule is CCCCNc1nc(C(=O)OCC)nc2onc(C)c12. The second kappa shape index (κ2) is 6.31. The molecule has 0 aliphatic rings. The van der Waals surface area contributed by atoms with E-state index in [4.69, 9.17) is 9.26 Å². The van der Waals surface area contributed by atoms with Crippen molar-refractivity contribution >= 4 is 22.9 Å². The van der Waals surface area contributed by atoms with Crippen molar-refractivity contribution in [3.8, 4) is 0 Å². The van der Waals surface area contributed by atoms with Crippen LogP contribution in [0.1, 0.15) is 43.0 Å². The second-order valence-electron chi connectivity index (χ2n) is 4.34. The first-order valence-electron chi connectivity index (χ1n) is 6.72. The zero-order valence-corrected chi connectivity index (χ0v) is 11.9. The van der Waals surface area contributed by atoms with E-state index in [9.17, 15) is 4.79 Å². The number of rotatable bonds is 6. The van der Waals surface area contributed by atoms with Crippen LogP contribution in [0.2, 0.25) is 0 Å². The maximum Gasteiger partial charge on any atom is 0.376 e. The maximum absolute atomic E-state index is 11.7. The summed E-state index contributed by atoms with van der Waals surface area (Å²) in [6.45, 7) is 6.68. The van der Waals surface area contributed by atoms with E-state index in [1.165, 1.54) is 0 Å². The topological polar surface area (TPSA) is 90.1 Å². The molecule has 0 aliphatic carbocycles. The number of aromatic nitrogens is 3. The Labute approximate surface area is 116 Å². The molecule has 108 valence electrons. The first kappa shape index (κ1) is 14.2. The number of fused-ring (bicyclic) bond motifs is 1. The monoisotopic (exact) mass is 278 g/mol. The van der Waals surface area contributed by atoms with Crippen LogP contribution in [0.4, 0.5) is 5.82 Å². The summed E-state index contributed by atoms with van der Waals surface area (Å²) in [7, 11) is 0. The molecule has 2 rings (SSSR count). The summed E-state index contributed by atoms with van der Waals surface area (Å²) in [6, 6.07) is 0. The van der Waals surface area contributed by atoms with Gasteiger partial charge in [0.25, 0.3) is 5.71 Å². The highest BCUT2D eigenvalue weighted by Crippen LogP contribution is 2.23. The number of carbonyl (C=O) groups is 1. The van der Waals surface area contributed by atoms with Gasteiger partial charge in [-0.25, -0.2) is 9.78 Å². The summed E-state index contributed by atoms with van der Waals surface area (Å²) >= 11 is 0. The number of aryl methyl sites for hydroxylation is 1. The number of carbonyl (C=O) groups excluding carboxylic acids is 1. The first-order chi connectivity index (χ1) is 9.67. The summed E-state index contributed by atoms with van der Waals surface area (Å²) in [5.74, 6) is -0.0262. The maximum atomic E-state index is 11.7. The molecule has 0 unspecified atom stereocenters. The zero-order chi connectivity index (χ0) is 14.5. The van der Waals surface area contributed by atoms with Crippen LogP contribution in [0.15, 0.2) is 4.52 Å². The predicted molar refractivity (Wildman–Crippen MR) is 73.7 cm³/mol. The minimum absolute atomic E-state index is 0.0190. The van der Waals surface area contributed by atoms with Crippen molar-refractivity contribution in [3.63, 3.8) is 0 Å². The number of anilines is 1. The molecule has 0 saturated carbocycles. The molecule has 2 aromatic rings. The molecule has 0 radical (unpaired) electrons. The molecule has 2 heterocycles. The average Bonchev–Trinajstić information content (AvgIpc) is 2.81. The van der Waals surface area contributed by atoms with E-state index in [2.05, 4.69) is 27.4 Å². The average molecular weight is 278 g/mol. The van der Waals surface area contributed by atoms with Crippen LogP contribution in [0.3, 0.4) is 0 Å². The van der Waals surface area contributed by atoms with Crippen LogP contribution in [-0.4, -0.2) is 34.2 Å². The van der Waals surface area contributed by atoms with Gasteiger partial charge in [-0.05, 0) is 20.3 Å². The van der Waals surface area contributed by atoms with E-state index >= 15 is 0 Å². The minimum atomic E-state index is -0.568. The van der Waals surface area contributed by atoms with Gasteiger partial charge in [-0.2, -0.15) is 4.98 Å². The Morgan fingerprint density at radius 3 is 2.85 bits per heavy atom. The van der Waals surface area contributed by atoms with Crippen molar-refractivity contribution in [3.05, 3.63) is 11.5 Å². The molecule has 0 spiro atoms. The van der Waals surface area contributed by atoms with E-state index in [1.807, 2.05) is 6.92 Å². The number of ether oxygens (including phenoxy) is 1. The molecule has 2 aromatic heterocycles. The fourth-order valence-corrected chi connectivity index (χ4v) is 1.79. The van der Waals surface area contributed by atoms with Crippen LogP contribution < -0.4 is 5.32 Å². The Morgan fingerprint density at radius 2 is 2.15 bits per heavy atom. The third-order valence-electron chi connectivity index (χ3n) is 2.79. The molecule has 0 aliphatic heterocycles. The van der Waals surface area contributed by atoms with Gasteiger partial charge in [0, 0.05) is 6.54 Å². The third kappa shape index (κ3) is 2.87. The highest BCUT2D eigenvalue weighted by atomic mass is 16.5. The number of nitrogens with zero attached hydrogens (tertiary/aromatic N) is 3. The summed E-state index contributed by atoms with van der Waals surface area (Å²) < 4.78 is 10.0. The Morgan fingerprint density at radius 1 is 1.35 bits per heavy atom. The molecular formula is C13H18N4O3. The predicted octanol–water partition coefficient (Wildman–Crippen LogP) is 2.31. The van der Waals surface area contributed by atoms with Gasteiger partial charge in [-0.3, -0.25) is 0 Å². The standard InChI is InChI=1S/C13H18N4O3/c1-4-6-7-14-10-9-8(3)17-20-12(9)16-11(15-10)13(18)19-5-2/h4-7H2,1-3H3,(H,14,15,16). The molecule has 0 aromatic carbocycles. The van der Waals surface area contributed by atoms with Gasteiger partial charge in [-0.15, -0.1) is 0 Å². The van der Waals surface area contributed by atoms with Crippen molar-refractivity contribution in [1.82, 2.24) is 15.1 Å². The Balaban J connectivity index is 2.39. The second-order valence-corrected chi connectivity index (χ2v) is 4.34. The van der Waals surface area contributed by atoms with Crippen molar-refractivity contribution in [2.45, 2.75) is 33.6 Å². The summed E-state index contributed by atoms with van der Waals surface area (Å²) in [6.07, 6.45) is 2.07. The van der Waals surface area contributed by atoms with Gasteiger partial charge < -0.3 is 14.6 Å². The van der Waals surface area contributed by atoms with Crippen LogP contribution in [0.25, 0.3) is 11.1 Å². The van der Waals surface area contributed by atoms with Crippen molar-refractivity contribution < 1.29 is 14.1 Å². The zero-order valence-electron chi connectivity index (χ0n) is 11.9. The lowest BCUT2D eigenvalue weighted by Crippen LogP contribution is -2.12. The van der Waals surface area contributed by atoms with Crippen LogP contribution in [-0.2, 0) is 4.74 Å². The van der Waals surface area contributed by atoms with Crippen LogP contribution >= 0.6 is 0 Å². The summed E-state index contributed by atoms with van der Waals surface area (Å²) in [5.41, 5.74) is 0.981. The third-order valence-corrected chi connectivity index (χ3v) is 2.79. The Kier molecular flexibility index (Phi) is 4.49. The van der Waals surface area contributed by atoms with Gasteiger partial charge in [0.1, 0.15) is 11.2 Å². The number of esters is 1. The van der Waals surface area contributed by atoms with E-state index in [1.54, 1.807) is 6.92 Å². The molecule has 0 fully saturated rings. The van der Waals surface area contributed by atoms with Crippen LogP contribution in [0.5, 0.6) is 0 Å². The number of hydrogen-bond donors (Lipinski definition) is 1. The summed E-state index contributed by atoms with van der Waals surface area (Å²) in [5, 5.41) is 7.76. The molecule has 0 saturated heterocycles. The van der Waals surface area contributed by atoms with E-state index in [0.29, 0.717) is 22.6 Å². The van der Waals surface area contributed by atoms with Crippen molar-refractivity contribution in [2.24, 2.45) is 0 Å². The highest BCUT2D eigenvalue weighted by molar-refractivity contribution is 5.93. The van der Waals surface area contributed by atoms with Gasteiger partial charge >= 0.3 is 5.97 Å². The fraction of sp³-hybridized carbons (Fsp3) is 0.538. The molecular weight excluding hydrogens is 260 g/mol. The lowest BCUT2D eigenvalue weighted by atomic mass is 10.3. The summed E-state index contributed by atoms with van der Waals surface area (Å²) in [4.78, 5) is 20.0. The number of nitrogens with one attached hydrogen (secondary N) is 1. The van der Waals surface area contributed by atoms with E-state index in [0.717, 1.165) is 19.4 Å². The highest BCUT2D eigenvalue weighted by Gasteiger charge is 2.19. The lowest BCUT2D eigenvalue weighted by molar-refractivity contribution is 0.0512. The van der Waals surface area contributed by atoms with Gasteiger partial charge in [0.15, 0.2) is 0 Å². The molecule has 0 bridgehead atoms. The smallest absolute Gasteiger partial charge is 0.376 e. The molecule has 7 heteroatoms. The molecule has 1 N–H and O–H groups in total. The van der Waals surface area contributed by atoms with Gasteiger partial charge in [-0.1, -0.05) is 18.5 Å². The lowest BCUT2D eigenvalue weighted by Gasteiger charge is -2.07. The Bertz CT molecular complexity index is 609. The molecule has 0 atom stereocenters. The number of hydrogen-bond acceptors (Lipinski definition) is 7. The van der Waals surface area contributed by atoms with E-state index < -0.39 is 5.97 Å².